The van der Waals surface area contributed by atoms with Crippen LogP contribution >= 0.6 is 0 Å². The number of amides is 2. The average Bonchev–Trinajstić information content (AvgIpc) is 2.71. The zero-order valence-electron chi connectivity index (χ0n) is 11.4. The molecular weight excluding hydrogens is 259 g/mol. The molecule has 19 heavy (non-hydrogen) atoms. The number of rotatable bonds is 5. The van der Waals surface area contributed by atoms with Crippen molar-refractivity contribution in [2.45, 2.75) is 38.9 Å². The topological polar surface area (TPSA) is 44.4 Å². The van der Waals surface area contributed by atoms with E-state index in [1.807, 2.05) is 13.8 Å². The van der Waals surface area contributed by atoms with Gasteiger partial charge in [-0.3, -0.25) is 4.90 Å². The number of alkyl halides is 3. The van der Waals surface area contributed by atoms with Crippen LogP contribution < -0.4 is 10.6 Å². The van der Waals surface area contributed by atoms with E-state index in [1.54, 1.807) is 0 Å². The van der Waals surface area contributed by atoms with Crippen molar-refractivity contribution in [3.63, 3.8) is 0 Å². The Balaban J connectivity index is 2.20. The molecule has 0 aromatic carbocycles. The summed E-state index contributed by atoms with van der Waals surface area (Å²) in [7, 11) is 0. The SMILES string of the molecule is CCC(C)NC(=O)NCC1CCN(CC(F)(F)F)C1. The minimum Gasteiger partial charge on any atom is -0.338 e. The smallest absolute Gasteiger partial charge is 0.338 e. The molecule has 112 valence electrons. The van der Waals surface area contributed by atoms with E-state index in [1.165, 1.54) is 4.90 Å². The van der Waals surface area contributed by atoms with Crippen molar-refractivity contribution in [2.75, 3.05) is 26.2 Å². The summed E-state index contributed by atoms with van der Waals surface area (Å²) in [5.74, 6) is 0.102. The Kier molecular flexibility index (Phi) is 5.90. The Morgan fingerprint density at radius 2 is 2.16 bits per heavy atom. The van der Waals surface area contributed by atoms with E-state index in [4.69, 9.17) is 0 Å². The zero-order valence-corrected chi connectivity index (χ0v) is 11.4. The molecule has 2 unspecified atom stereocenters. The third-order valence-electron chi connectivity index (χ3n) is 3.31. The first-order valence-corrected chi connectivity index (χ1v) is 6.63. The van der Waals surface area contributed by atoms with Crippen LogP contribution in [0.15, 0.2) is 0 Å². The molecule has 0 aromatic heterocycles. The Labute approximate surface area is 111 Å². The van der Waals surface area contributed by atoms with Gasteiger partial charge in [-0.1, -0.05) is 6.92 Å². The minimum atomic E-state index is -4.14. The molecule has 0 bridgehead atoms. The van der Waals surface area contributed by atoms with Crippen molar-refractivity contribution in [3.05, 3.63) is 0 Å². The first-order chi connectivity index (χ1) is 8.80. The van der Waals surface area contributed by atoms with Gasteiger partial charge >= 0.3 is 12.2 Å². The molecule has 1 aliphatic rings. The normalized spacial score (nSPS) is 22.3. The molecule has 0 aliphatic carbocycles. The summed E-state index contributed by atoms with van der Waals surface area (Å²) >= 11 is 0. The Bertz CT molecular complexity index is 296. The molecule has 0 saturated carbocycles. The van der Waals surface area contributed by atoms with Crippen molar-refractivity contribution in [1.82, 2.24) is 15.5 Å². The quantitative estimate of drug-likeness (QED) is 0.809. The Hall–Kier alpha value is -0.980. The largest absolute Gasteiger partial charge is 0.401 e. The highest BCUT2D eigenvalue weighted by atomic mass is 19.4. The van der Waals surface area contributed by atoms with E-state index in [-0.39, 0.29) is 18.0 Å². The third-order valence-corrected chi connectivity index (χ3v) is 3.31. The van der Waals surface area contributed by atoms with Gasteiger partial charge in [0.15, 0.2) is 0 Å². The Morgan fingerprint density at radius 3 is 2.74 bits per heavy atom. The van der Waals surface area contributed by atoms with Gasteiger partial charge in [0, 0.05) is 19.1 Å². The van der Waals surface area contributed by atoms with Gasteiger partial charge in [-0.25, -0.2) is 4.79 Å². The average molecular weight is 281 g/mol. The van der Waals surface area contributed by atoms with Gasteiger partial charge in [0.05, 0.1) is 6.54 Å². The highest BCUT2D eigenvalue weighted by Gasteiger charge is 2.34. The van der Waals surface area contributed by atoms with Crippen LogP contribution in [0.3, 0.4) is 0 Å². The monoisotopic (exact) mass is 281 g/mol. The summed E-state index contributed by atoms with van der Waals surface area (Å²) in [4.78, 5) is 12.9. The van der Waals surface area contributed by atoms with Gasteiger partial charge < -0.3 is 10.6 Å². The number of hydrogen-bond donors (Lipinski definition) is 2. The number of nitrogens with zero attached hydrogens (tertiary/aromatic N) is 1. The van der Waals surface area contributed by atoms with Gasteiger partial charge in [-0.05, 0) is 32.2 Å². The number of urea groups is 1. The van der Waals surface area contributed by atoms with Crippen molar-refractivity contribution in [2.24, 2.45) is 5.92 Å². The lowest BCUT2D eigenvalue weighted by Crippen LogP contribution is -2.42. The molecule has 7 heteroatoms. The summed E-state index contributed by atoms with van der Waals surface area (Å²) in [6.45, 7) is 4.28. The molecule has 1 heterocycles. The predicted octanol–water partition coefficient (Wildman–Crippen LogP) is 1.97. The van der Waals surface area contributed by atoms with E-state index < -0.39 is 12.7 Å². The molecule has 1 fully saturated rings. The Morgan fingerprint density at radius 1 is 1.47 bits per heavy atom. The second-order valence-electron chi connectivity index (χ2n) is 5.17. The molecule has 4 nitrogen and oxygen atoms in total. The number of nitrogens with one attached hydrogen (secondary N) is 2. The number of carbonyl (C=O) groups is 1. The minimum absolute atomic E-state index is 0.102. The fourth-order valence-electron chi connectivity index (χ4n) is 2.09. The van der Waals surface area contributed by atoms with Crippen LogP contribution in [0.2, 0.25) is 0 Å². The maximum absolute atomic E-state index is 12.2. The molecule has 2 amide bonds. The van der Waals surface area contributed by atoms with Gasteiger partial charge in [0.25, 0.3) is 0 Å². The van der Waals surface area contributed by atoms with Crippen LogP contribution in [0.5, 0.6) is 0 Å². The molecule has 0 spiro atoms. The summed E-state index contributed by atoms with van der Waals surface area (Å²) in [5, 5.41) is 5.47. The van der Waals surface area contributed by atoms with Crippen LogP contribution in [-0.2, 0) is 0 Å². The second-order valence-corrected chi connectivity index (χ2v) is 5.17. The van der Waals surface area contributed by atoms with E-state index in [0.29, 0.717) is 26.1 Å². The predicted molar refractivity (Wildman–Crippen MR) is 66.9 cm³/mol. The van der Waals surface area contributed by atoms with E-state index in [2.05, 4.69) is 10.6 Å². The highest BCUT2D eigenvalue weighted by Crippen LogP contribution is 2.22. The molecule has 2 atom stereocenters. The second kappa shape index (κ2) is 6.98. The molecule has 1 aliphatic heterocycles. The third kappa shape index (κ3) is 6.66. The number of likely N-dealkylation sites (tertiary alicyclic amines) is 1. The van der Waals surface area contributed by atoms with E-state index in [9.17, 15) is 18.0 Å². The standard InChI is InChI=1S/C12H22F3N3O/c1-3-9(2)17-11(19)16-6-10-4-5-18(7-10)8-12(13,14)15/h9-10H,3-8H2,1-2H3,(H2,16,17,19). The lowest BCUT2D eigenvalue weighted by molar-refractivity contribution is -0.143. The molecular formula is C12H22F3N3O. The maximum Gasteiger partial charge on any atom is 0.401 e. The van der Waals surface area contributed by atoms with Crippen molar-refractivity contribution in [3.8, 4) is 0 Å². The number of halogens is 3. The number of hydrogen-bond acceptors (Lipinski definition) is 2. The summed E-state index contributed by atoms with van der Waals surface area (Å²) in [6.07, 6.45) is -2.61. The lowest BCUT2D eigenvalue weighted by atomic mass is 10.1. The first kappa shape index (κ1) is 16.1. The molecule has 2 N–H and O–H groups in total. The first-order valence-electron chi connectivity index (χ1n) is 6.63. The lowest BCUT2D eigenvalue weighted by Gasteiger charge is -2.18. The van der Waals surface area contributed by atoms with Gasteiger partial charge in [0.2, 0.25) is 0 Å². The molecule has 0 radical (unpaired) electrons. The summed E-state index contributed by atoms with van der Waals surface area (Å²) in [5.41, 5.74) is 0. The molecule has 1 saturated heterocycles. The summed E-state index contributed by atoms with van der Waals surface area (Å²) < 4.78 is 36.6. The van der Waals surface area contributed by atoms with Crippen molar-refractivity contribution in [1.29, 1.82) is 0 Å². The maximum atomic E-state index is 12.2. The van der Waals surface area contributed by atoms with Crippen molar-refractivity contribution < 1.29 is 18.0 Å². The molecule has 1 rings (SSSR count). The van der Waals surface area contributed by atoms with E-state index >= 15 is 0 Å². The van der Waals surface area contributed by atoms with Gasteiger partial charge in [-0.15, -0.1) is 0 Å². The fraction of sp³-hybridized carbons (Fsp3) is 0.917. The van der Waals surface area contributed by atoms with Crippen LogP contribution in [0.25, 0.3) is 0 Å². The van der Waals surface area contributed by atoms with Gasteiger partial charge in [0.1, 0.15) is 0 Å². The zero-order chi connectivity index (χ0) is 14.5. The fourth-order valence-corrected chi connectivity index (χ4v) is 2.09. The van der Waals surface area contributed by atoms with Crippen LogP contribution in [-0.4, -0.2) is 49.3 Å². The van der Waals surface area contributed by atoms with Crippen molar-refractivity contribution >= 4 is 6.03 Å². The molecule has 0 aromatic rings. The summed E-state index contributed by atoms with van der Waals surface area (Å²) in [6, 6.07) is -0.145. The van der Waals surface area contributed by atoms with Crippen LogP contribution in [0.1, 0.15) is 26.7 Å². The number of carbonyl (C=O) groups excluding carboxylic acids is 1. The van der Waals surface area contributed by atoms with E-state index in [0.717, 1.165) is 6.42 Å². The van der Waals surface area contributed by atoms with Gasteiger partial charge in [-0.2, -0.15) is 13.2 Å². The highest BCUT2D eigenvalue weighted by molar-refractivity contribution is 5.74. The van der Waals surface area contributed by atoms with Crippen LogP contribution in [0, 0.1) is 5.92 Å². The van der Waals surface area contributed by atoms with Crippen LogP contribution in [0.4, 0.5) is 18.0 Å².